The third-order valence-corrected chi connectivity index (χ3v) is 4.96. The molecule has 0 saturated heterocycles. The van der Waals surface area contributed by atoms with Gasteiger partial charge in [-0.1, -0.05) is 0 Å². The summed E-state index contributed by atoms with van der Waals surface area (Å²) in [5.74, 6) is 1.56. The molecule has 4 heterocycles. The number of aromatic amines is 1. The molecule has 126 valence electrons. The van der Waals surface area contributed by atoms with Crippen molar-refractivity contribution in [2.45, 2.75) is 38.8 Å². The van der Waals surface area contributed by atoms with Crippen molar-refractivity contribution in [1.29, 1.82) is 0 Å². The molecule has 2 aromatic rings. The van der Waals surface area contributed by atoms with E-state index in [2.05, 4.69) is 30.8 Å². The molecule has 7 heteroatoms. The van der Waals surface area contributed by atoms with E-state index in [1.54, 1.807) is 6.26 Å². The quantitative estimate of drug-likeness (QED) is 0.873. The second kappa shape index (κ2) is 6.64. The molecule has 2 aromatic heterocycles. The lowest BCUT2D eigenvalue weighted by Crippen LogP contribution is -2.36. The van der Waals surface area contributed by atoms with Crippen LogP contribution in [0.3, 0.4) is 0 Å². The topological polar surface area (TPSA) is 74.5 Å². The van der Waals surface area contributed by atoms with E-state index < -0.39 is 0 Å². The van der Waals surface area contributed by atoms with Crippen molar-refractivity contribution in [3.05, 3.63) is 50.0 Å². The van der Waals surface area contributed by atoms with Gasteiger partial charge in [0.1, 0.15) is 12.0 Å². The van der Waals surface area contributed by atoms with Gasteiger partial charge in [0.25, 0.3) is 5.56 Å². The Balaban J connectivity index is 1.56. The SMILES string of the molecule is O=c1[nH]c(C2=NCCCC2)nc2c1CN(Cc1cc(Br)co1)CC2. The van der Waals surface area contributed by atoms with Crippen LogP contribution in [0.2, 0.25) is 0 Å². The molecule has 0 radical (unpaired) electrons. The fourth-order valence-corrected chi connectivity index (χ4v) is 3.65. The van der Waals surface area contributed by atoms with Crippen LogP contribution in [0.1, 0.15) is 42.1 Å². The highest BCUT2D eigenvalue weighted by atomic mass is 79.9. The summed E-state index contributed by atoms with van der Waals surface area (Å²) in [5.41, 5.74) is 2.60. The van der Waals surface area contributed by atoms with E-state index in [9.17, 15) is 4.79 Å². The van der Waals surface area contributed by atoms with Crippen LogP contribution in [0, 0.1) is 0 Å². The number of H-pyrrole nitrogens is 1. The third-order valence-electron chi connectivity index (χ3n) is 4.55. The van der Waals surface area contributed by atoms with Gasteiger partial charge in [0.15, 0.2) is 5.82 Å². The number of hydrogen-bond donors (Lipinski definition) is 1. The van der Waals surface area contributed by atoms with Crippen LogP contribution in [0.4, 0.5) is 0 Å². The molecule has 0 aromatic carbocycles. The van der Waals surface area contributed by atoms with Crippen LogP contribution in [0.25, 0.3) is 0 Å². The number of nitrogens with zero attached hydrogens (tertiary/aromatic N) is 3. The molecule has 0 atom stereocenters. The summed E-state index contributed by atoms with van der Waals surface area (Å²) < 4.78 is 6.42. The first-order valence-corrected chi connectivity index (χ1v) is 9.09. The number of rotatable bonds is 3. The average Bonchev–Trinajstić information content (AvgIpc) is 3.01. The minimum Gasteiger partial charge on any atom is -0.467 e. The van der Waals surface area contributed by atoms with E-state index in [4.69, 9.17) is 9.40 Å². The van der Waals surface area contributed by atoms with Crippen LogP contribution < -0.4 is 5.56 Å². The number of halogens is 1. The Labute approximate surface area is 148 Å². The van der Waals surface area contributed by atoms with Gasteiger partial charge in [-0.15, -0.1) is 0 Å². The van der Waals surface area contributed by atoms with Crippen molar-refractivity contribution < 1.29 is 4.42 Å². The van der Waals surface area contributed by atoms with Crippen LogP contribution in [0.15, 0.2) is 31.0 Å². The van der Waals surface area contributed by atoms with Crippen LogP contribution >= 0.6 is 15.9 Å². The van der Waals surface area contributed by atoms with Gasteiger partial charge in [-0.25, -0.2) is 4.98 Å². The zero-order valence-corrected chi connectivity index (χ0v) is 14.9. The summed E-state index contributed by atoms with van der Waals surface area (Å²) in [4.78, 5) is 26.9. The summed E-state index contributed by atoms with van der Waals surface area (Å²) in [6, 6.07) is 1.96. The normalized spacial score (nSPS) is 18.3. The molecule has 0 aliphatic carbocycles. The molecule has 0 amide bonds. The first kappa shape index (κ1) is 15.8. The Morgan fingerprint density at radius 2 is 2.25 bits per heavy atom. The largest absolute Gasteiger partial charge is 0.467 e. The lowest BCUT2D eigenvalue weighted by Gasteiger charge is -2.27. The maximum Gasteiger partial charge on any atom is 0.255 e. The zero-order chi connectivity index (χ0) is 16.5. The maximum atomic E-state index is 12.5. The molecule has 24 heavy (non-hydrogen) atoms. The van der Waals surface area contributed by atoms with Crippen molar-refractivity contribution in [2.24, 2.45) is 4.99 Å². The highest BCUT2D eigenvalue weighted by molar-refractivity contribution is 9.10. The average molecular weight is 391 g/mol. The van der Waals surface area contributed by atoms with Crippen LogP contribution in [-0.4, -0.2) is 33.7 Å². The predicted octanol–water partition coefficient (Wildman–Crippen LogP) is 2.66. The van der Waals surface area contributed by atoms with Gasteiger partial charge < -0.3 is 9.40 Å². The predicted molar refractivity (Wildman–Crippen MR) is 94.3 cm³/mol. The van der Waals surface area contributed by atoms with Gasteiger partial charge in [-0.05, 0) is 41.3 Å². The minimum absolute atomic E-state index is 0.0337. The fraction of sp³-hybridized carbons (Fsp3) is 0.471. The summed E-state index contributed by atoms with van der Waals surface area (Å²) in [6.07, 6.45) is 5.60. The summed E-state index contributed by atoms with van der Waals surface area (Å²) in [5, 5.41) is 0. The van der Waals surface area contributed by atoms with Gasteiger partial charge >= 0.3 is 0 Å². The van der Waals surface area contributed by atoms with E-state index in [0.29, 0.717) is 18.9 Å². The van der Waals surface area contributed by atoms with Gasteiger partial charge in [0.05, 0.1) is 28.0 Å². The van der Waals surface area contributed by atoms with Gasteiger partial charge in [0.2, 0.25) is 0 Å². The molecular formula is C17H19BrN4O2. The summed E-state index contributed by atoms with van der Waals surface area (Å²) in [7, 11) is 0. The second-order valence-electron chi connectivity index (χ2n) is 6.32. The van der Waals surface area contributed by atoms with Crippen LogP contribution in [-0.2, 0) is 19.5 Å². The molecule has 0 fully saturated rings. The van der Waals surface area contributed by atoms with E-state index in [0.717, 1.165) is 66.0 Å². The van der Waals surface area contributed by atoms with E-state index in [1.807, 2.05) is 6.07 Å². The molecule has 2 aliphatic heterocycles. The number of aliphatic imine (C=N–C) groups is 1. The van der Waals surface area contributed by atoms with E-state index in [-0.39, 0.29) is 5.56 Å². The van der Waals surface area contributed by atoms with Crippen molar-refractivity contribution in [3.63, 3.8) is 0 Å². The molecule has 0 unspecified atom stereocenters. The minimum atomic E-state index is -0.0337. The first-order chi connectivity index (χ1) is 11.7. The van der Waals surface area contributed by atoms with Gasteiger partial charge in [-0.3, -0.25) is 14.7 Å². The highest BCUT2D eigenvalue weighted by Gasteiger charge is 2.23. The second-order valence-corrected chi connectivity index (χ2v) is 7.23. The maximum absolute atomic E-state index is 12.5. The molecule has 0 spiro atoms. The van der Waals surface area contributed by atoms with Crippen molar-refractivity contribution in [3.8, 4) is 0 Å². The summed E-state index contributed by atoms with van der Waals surface area (Å²) in [6.45, 7) is 3.00. The smallest absolute Gasteiger partial charge is 0.255 e. The standard InChI is InChI=1S/C17H19BrN4O2/c18-11-7-12(24-10-11)8-22-6-4-14-13(9-22)17(23)21-16(20-14)15-3-1-2-5-19-15/h7,10H,1-6,8-9H2,(H,20,21,23). The number of nitrogens with one attached hydrogen (secondary N) is 1. The molecule has 4 rings (SSSR count). The fourth-order valence-electron chi connectivity index (χ4n) is 3.30. The van der Waals surface area contributed by atoms with Gasteiger partial charge in [-0.2, -0.15) is 0 Å². The van der Waals surface area contributed by atoms with E-state index in [1.165, 1.54) is 0 Å². The molecule has 1 N–H and O–H groups in total. The third kappa shape index (κ3) is 3.23. The summed E-state index contributed by atoms with van der Waals surface area (Å²) >= 11 is 3.39. The van der Waals surface area contributed by atoms with Crippen LogP contribution in [0.5, 0.6) is 0 Å². The molecular weight excluding hydrogens is 372 g/mol. The Kier molecular flexibility index (Phi) is 4.37. The Morgan fingerprint density at radius 1 is 1.33 bits per heavy atom. The van der Waals surface area contributed by atoms with Gasteiger partial charge in [0, 0.05) is 26.1 Å². The molecule has 0 bridgehead atoms. The Morgan fingerprint density at radius 3 is 3.00 bits per heavy atom. The molecule has 0 saturated carbocycles. The number of furan rings is 1. The number of fused-ring (bicyclic) bond motifs is 1. The lowest BCUT2D eigenvalue weighted by molar-refractivity contribution is 0.222. The van der Waals surface area contributed by atoms with Crippen molar-refractivity contribution >= 4 is 21.6 Å². The monoisotopic (exact) mass is 390 g/mol. The molecule has 2 aliphatic rings. The first-order valence-electron chi connectivity index (χ1n) is 8.30. The molecule has 6 nitrogen and oxygen atoms in total. The lowest BCUT2D eigenvalue weighted by atomic mass is 10.1. The Hall–Kier alpha value is -1.73. The zero-order valence-electron chi connectivity index (χ0n) is 13.3. The van der Waals surface area contributed by atoms with Crippen molar-refractivity contribution in [2.75, 3.05) is 13.1 Å². The van der Waals surface area contributed by atoms with Crippen molar-refractivity contribution in [1.82, 2.24) is 14.9 Å². The number of hydrogen-bond acceptors (Lipinski definition) is 5. The Bertz CT molecular complexity index is 839. The number of aromatic nitrogens is 2. The van der Waals surface area contributed by atoms with E-state index >= 15 is 0 Å². The highest BCUT2D eigenvalue weighted by Crippen LogP contribution is 2.20.